The zero-order valence-corrected chi connectivity index (χ0v) is 15.7. The minimum absolute atomic E-state index is 0.290. The van der Waals surface area contributed by atoms with Crippen LogP contribution in [0.3, 0.4) is 0 Å². The smallest absolute Gasteiger partial charge is 0.271 e. The summed E-state index contributed by atoms with van der Waals surface area (Å²) in [5, 5.41) is 5.15. The van der Waals surface area contributed by atoms with Crippen LogP contribution in [0.2, 0.25) is 5.15 Å². The van der Waals surface area contributed by atoms with Gasteiger partial charge >= 0.3 is 0 Å². The highest BCUT2D eigenvalue weighted by molar-refractivity contribution is 6.32. The molecular weight excluding hydrogens is 366 g/mol. The highest BCUT2D eigenvalue weighted by Crippen LogP contribution is 2.23. The van der Waals surface area contributed by atoms with Crippen LogP contribution in [0, 0.1) is 0 Å². The minimum Gasteiger partial charge on any atom is -0.497 e. The summed E-state index contributed by atoms with van der Waals surface area (Å²) in [5.74, 6) is 1.08. The van der Waals surface area contributed by atoms with Crippen molar-refractivity contribution >= 4 is 34.6 Å². The van der Waals surface area contributed by atoms with Crippen molar-refractivity contribution in [1.29, 1.82) is 0 Å². The second-order valence-corrected chi connectivity index (χ2v) is 5.94. The van der Waals surface area contributed by atoms with Crippen LogP contribution in [0.15, 0.2) is 53.6 Å². The van der Waals surface area contributed by atoms with E-state index in [1.54, 1.807) is 31.4 Å². The Balaban J connectivity index is 1.73. The number of nitrogens with zero attached hydrogens (tertiary/aromatic N) is 2. The molecule has 1 aromatic heterocycles. The van der Waals surface area contributed by atoms with E-state index < -0.39 is 0 Å². The standard InChI is InChI=1S/C20H18ClN3O3/c1-3-27-17-9-6-14-10-15(19(21)23-18(14)11-17)12-22-24-20(25)13-4-7-16(26-2)8-5-13/h4-12H,3H2,1-2H3,(H,24,25)/b22-12-. The predicted octanol–water partition coefficient (Wildman–Crippen LogP) is 4.06. The van der Waals surface area contributed by atoms with Crippen LogP contribution in [-0.2, 0) is 0 Å². The van der Waals surface area contributed by atoms with Gasteiger partial charge in [-0.1, -0.05) is 11.6 Å². The van der Waals surface area contributed by atoms with Crippen LogP contribution in [0.25, 0.3) is 10.9 Å². The van der Waals surface area contributed by atoms with Gasteiger partial charge in [-0.15, -0.1) is 0 Å². The van der Waals surface area contributed by atoms with E-state index in [0.717, 1.165) is 16.7 Å². The van der Waals surface area contributed by atoms with E-state index in [2.05, 4.69) is 15.5 Å². The van der Waals surface area contributed by atoms with Gasteiger partial charge in [0, 0.05) is 22.6 Å². The molecule has 0 aliphatic carbocycles. The molecule has 0 unspecified atom stereocenters. The van der Waals surface area contributed by atoms with Gasteiger partial charge in [0.2, 0.25) is 0 Å². The number of methoxy groups -OCH3 is 1. The summed E-state index contributed by atoms with van der Waals surface area (Å²) in [6, 6.07) is 14.2. The summed E-state index contributed by atoms with van der Waals surface area (Å²) in [4.78, 5) is 16.5. The van der Waals surface area contributed by atoms with Crippen LogP contribution < -0.4 is 14.9 Å². The van der Waals surface area contributed by atoms with Gasteiger partial charge in [-0.2, -0.15) is 5.10 Å². The van der Waals surface area contributed by atoms with E-state index in [4.69, 9.17) is 21.1 Å². The van der Waals surface area contributed by atoms with Crippen molar-refractivity contribution in [2.24, 2.45) is 5.10 Å². The molecule has 0 fully saturated rings. The number of fused-ring (bicyclic) bond motifs is 1. The summed E-state index contributed by atoms with van der Waals surface area (Å²) >= 11 is 6.23. The van der Waals surface area contributed by atoms with Crippen molar-refractivity contribution in [2.75, 3.05) is 13.7 Å². The second-order valence-electron chi connectivity index (χ2n) is 5.58. The lowest BCUT2D eigenvalue weighted by Gasteiger charge is -2.06. The zero-order valence-electron chi connectivity index (χ0n) is 14.9. The molecular formula is C20H18ClN3O3. The average Bonchev–Trinajstić information content (AvgIpc) is 2.68. The molecule has 138 valence electrons. The Morgan fingerprint density at radius 2 is 1.93 bits per heavy atom. The van der Waals surface area contributed by atoms with Gasteiger partial charge in [-0.05, 0) is 49.4 Å². The largest absolute Gasteiger partial charge is 0.497 e. The fourth-order valence-electron chi connectivity index (χ4n) is 2.45. The van der Waals surface area contributed by atoms with Crippen molar-refractivity contribution < 1.29 is 14.3 Å². The zero-order chi connectivity index (χ0) is 19.2. The lowest BCUT2D eigenvalue weighted by atomic mass is 10.1. The van der Waals surface area contributed by atoms with Crippen molar-refractivity contribution in [1.82, 2.24) is 10.4 Å². The number of hydrogen-bond acceptors (Lipinski definition) is 5. The molecule has 1 heterocycles. The third kappa shape index (κ3) is 4.54. The van der Waals surface area contributed by atoms with Crippen LogP contribution >= 0.6 is 11.6 Å². The van der Waals surface area contributed by atoms with Gasteiger partial charge in [0.15, 0.2) is 0 Å². The molecule has 2 aromatic carbocycles. The van der Waals surface area contributed by atoms with Gasteiger partial charge in [-0.25, -0.2) is 10.4 Å². The summed E-state index contributed by atoms with van der Waals surface area (Å²) in [7, 11) is 1.57. The number of rotatable bonds is 6. The molecule has 3 aromatic rings. The maximum absolute atomic E-state index is 12.1. The molecule has 0 radical (unpaired) electrons. The molecule has 0 spiro atoms. The van der Waals surface area contributed by atoms with Crippen LogP contribution in [0.5, 0.6) is 11.5 Å². The molecule has 0 aliphatic rings. The Hall–Kier alpha value is -3.12. The molecule has 7 heteroatoms. The average molecular weight is 384 g/mol. The number of halogens is 1. The fourth-order valence-corrected chi connectivity index (χ4v) is 2.65. The summed E-state index contributed by atoms with van der Waals surface area (Å²) in [6.07, 6.45) is 1.46. The van der Waals surface area contributed by atoms with Gasteiger partial charge in [0.25, 0.3) is 5.91 Å². The van der Waals surface area contributed by atoms with Gasteiger partial charge < -0.3 is 9.47 Å². The van der Waals surface area contributed by atoms with Crippen molar-refractivity contribution in [3.05, 3.63) is 64.8 Å². The molecule has 6 nitrogen and oxygen atoms in total. The molecule has 0 atom stereocenters. The van der Waals surface area contributed by atoms with E-state index in [9.17, 15) is 4.79 Å². The fraction of sp³-hybridized carbons (Fsp3) is 0.150. The minimum atomic E-state index is -0.333. The number of hydrogen-bond donors (Lipinski definition) is 1. The second kappa shape index (κ2) is 8.51. The molecule has 0 aliphatic heterocycles. The lowest BCUT2D eigenvalue weighted by Crippen LogP contribution is -2.17. The number of pyridine rings is 1. The van der Waals surface area contributed by atoms with Gasteiger partial charge in [0.1, 0.15) is 16.7 Å². The summed E-state index contributed by atoms with van der Waals surface area (Å²) < 4.78 is 10.5. The van der Waals surface area contributed by atoms with Crippen LogP contribution in [0.1, 0.15) is 22.8 Å². The third-order valence-corrected chi connectivity index (χ3v) is 4.11. The third-order valence-electron chi connectivity index (χ3n) is 3.80. The maximum atomic E-state index is 12.1. The Labute approximate surface area is 161 Å². The van der Waals surface area contributed by atoms with Crippen LogP contribution in [0.4, 0.5) is 0 Å². The van der Waals surface area contributed by atoms with Crippen LogP contribution in [-0.4, -0.2) is 30.8 Å². The number of benzene rings is 2. The van der Waals surface area contributed by atoms with Crippen molar-refractivity contribution in [2.45, 2.75) is 6.92 Å². The molecule has 0 saturated carbocycles. The Morgan fingerprint density at radius 3 is 2.63 bits per heavy atom. The number of carbonyl (C=O) groups excluding carboxylic acids is 1. The predicted molar refractivity (Wildman–Crippen MR) is 106 cm³/mol. The summed E-state index contributed by atoms with van der Waals surface area (Å²) in [6.45, 7) is 2.50. The first-order chi connectivity index (χ1) is 13.1. The van der Waals surface area contributed by atoms with Crippen molar-refractivity contribution in [3.63, 3.8) is 0 Å². The topological polar surface area (TPSA) is 72.8 Å². The Bertz CT molecular complexity index is 988. The van der Waals surface area contributed by atoms with Gasteiger partial charge in [-0.3, -0.25) is 4.79 Å². The first kappa shape index (κ1) is 18.7. The molecule has 0 bridgehead atoms. The Kier molecular flexibility index (Phi) is 5.88. The van der Waals surface area contributed by atoms with E-state index in [-0.39, 0.29) is 5.91 Å². The van der Waals surface area contributed by atoms with E-state index >= 15 is 0 Å². The van der Waals surface area contributed by atoms with Gasteiger partial charge in [0.05, 0.1) is 25.4 Å². The number of amides is 1. The maximum Gasteiger partial charge on any atom is 0.271 e. The number of ether oxygens (including phenoxy) is 2. The van der Waals surface area contributed by atoms with E-state index in [1.165, 1.54) is 6.21 Å². The first-order valence-corrected chi connectivity index (χ1v) is 8.69. The lowest BCUT2D eigenvalue weighted by molar-refractivity contribution is 0.0955. The highest BCUT2D eigenvalue weighted by Gasteiger charge is 2.06. The molecule has 27 heavy (non-hydrogen) atoms. The van der Waals surface area contributed by atoms with Crippen molar-refractivity contribution in [3.8, 4) is 11.5 Å². The first-order valence-electron chi connectivity index (χ1n) is 8.31. The number of carbonyl (C=O) groups is 1. The number of hydrazone groups is 1. The highest BCUT2D eigenvalue weighted by atomic mass is 35.5. The molecule has 1 N–H and O–H groups in total. The number of nitrogens with one attached hydrogen (secondary N) is 1. The summed E-state index contributed by atoms with van der Waals surface area (Å²) in [5.41, 5.74) is 4.27. The molecule has 1 amide bonds. The molecule has 3 rings (SSSR count). The van der Waals surface area contributed by atoms with E-state index in [1.807, 2.05) is 31.2 Å². The molecule has 0 saturated heterocycles. The normalized spacial score (nSPS) is 10.9. The number of aromatic nitrogens is 1. The quantitative estimate of drug-likeness (QED) is 0.396. The Morgan fingerprint density at radius 1 is 1.19 bits per heavy atom. The SMILES string of the molecule is CCOc1ccc2cc(/C=N\NC(=O)c3ccc(OC)cc3)c(Cl)nc2c1. The monoisotopic (exact) mass is 383 g/mol. The van der Waals surface area contributed by atoms with E-state index in [0.29, 0.717) is 28.6 Å².